The van der Waals surface area contributed by atoms with Crippen LogP contribution in [0.1, 0.15) is 10.4 Å². The molecule has 2 heterocycles. The summed E-state index contributed by atoms with van der Waals surface area (Å²) >= 11 is 3.20. The number of carboxylic acids is 1. The number of hydrogen-bond donors (Lipinski definition) is 1. The Hall–Kier alpha value is -2.55. The summed E-state index contributed by atoms with van der Waals surface area (Å²) < 4.78 is 5.96. The molecule has 0 fully saturated rings. The summed E-state index contributed by atoms with van der Waals surface area (Å²) in [4.78, 5) is 28.4. The van der Waals surface area contributed by atoms with Crippen molar-refractivity contribution in [2.75, 3.05) is 0 Å². The molecule has 0 bridgehead atoms. The topological polar surface area (TPSA) is 115 Å². The van der Waals surface area contributed by atoms with Crippen molar-refractivity contribution in [3.63, 3.8) is 0 Å². The van der Waals surface area contributed by atoms with Gasteiger partial charge < -0.3 is 9.84 Å². The van der Waals surface area contributed by atoms with E-state index in [-0.39, 0.29) is 5.88 Å². The van der Waals surface area contributed by atoms with Gasteiger partial charge in [0.1, 0.15) is 17.5 Å². The fourth-order valence-corrected chi connectivity index (χ4v) is 1.71. The van der Waals surface area contributed by atoms with E-state index in [1.165, 1.54) is 6.20 Å². The van der Waals surface area contributed by atoms with E-state index in [1.807, 2.05) is 0 Å². The Balaban J connectivity index is 2.36. The number of carbonyl (C=O) groups is 1. The monoisotopic (exact) mass is 339 g/mol. The number of carboxylic acid groups (broad SMARTS) is 1. The van der Waals surface area contributed by atoms with Crippen LogP contribution in [0, 0.1) is 10.1 Å². The van der Waals surface area contributed by atoms with Crippen LogP contribution in [0.15, 0.2) is 35.2 Å². The van der Waals surface area contributed by atoms with Crippen molar-refractivity contribution in [2.45, 2.75) is 0 Å². The Labute approximate surface area is 120 Å². The maximum Gasteiger partial charge on any atom is 0.342 e. The molecule has 0 amide bonds. The first kappa shape index (κ1) is 13.9. The van der Waals surface area contributed by atoms with Crippen molar-refractivity contribution in [1.29, 1.82) is 0 Å². The standard InChI is InChI=1S/C11H6BrN3O5/c12-6-1-7(4-13-3-6)20-10-2-8(11(16)17)9(5-14-10)15(18)19/h1-5H,(H,16,17). The molecule has 0 aliphatic heterocycles. The summed E-state index contributed by atoms with van der Waals surface area (Å²) in [5.74, 6) is -1.19. The molecule has 2 aromatic rings. The normalized spacial score (nSPS) is 10.1. The predicted molar refractivity (Wildman–Crippen MR) is 69.9 cm³/mol. The average Bonchev–Trinajstić information content (AvgIpc) is 2.38. The number of halogens is 1. The van der Waals surface area contributed by atoms with Gasteiger partial charge in [0, 0.05) is 16.7 Å². The number of nitro groups is 1. The second-order valence-electron chi connectivity index (χ2n) is 3.54. The molecule has 20 heavy (non-hydrogen) atoms. The lowest BCUT2D eigenvalue weighted by atomic mass is 10.2. The minimum atomic E-state index is -1.43. The summed E-state index contributed by atoms with van der Waals surface area (Å²) in [5.41, 5.74) is -1.10. The fourth-order valence-electron chi connectivity index (χ4n) is 1.37. The molecule has 0 radical (unpaired) electrons. The third-order valence-electron chi connectivity index (χ3n) is 2.19. The van der Waals surface area contributed by atoms with Gasteiger partial charge in [-0.15, -0.1) is 0 Å². The molecule has 0 saturated heterocycles. The van der Waals surface area contributed by atoms with Gasteiger partial charge in [-0.1, -0.05) is 0 Å². The van der Waals surface area contributed by atoms with Crippen molar-refractivity contribution in [1.82, 2.24) is 9.97 Å². The largest absolute Gasteiger partial charge is 0.477 e. The first-order valence-electron chi connectivity index (χ1n) is 5.13. The molecule has 102 valence electrons. The maximum atomic E-state index is 11.0. The SMILES string of the molecule is O=C(O)c1cc(Oc2cncc(Br)c2)ncc1[N+](=O)[O-]. The molecule has 1 N–H and O–H groups in total. The van der Waals surface area contributed by atoms with E-state index in [1.54, 1.807) is 12.3 Å². The molecule has 9 heteroatoms. The minimum absolute atomic E-state index is 0.0760. The highest BCUT2D eigenvalue weighted by Crippen LogP contribution is 2.26. The number of aromatic carboxylic acids is 1. The third-order valence-corrected chi connectivity index (χ3v) is 2.62. The Kier molecular flexibility index (Phi) is 3.89. The van der Waals surface area contributed by atoms with Crippen LogP contribution in [0.5, 0.6) is 11.6 Å². The number of nitrogens with zero attached hydrogens (tertiary/aromatic N) is 3. The maximum absolute atomic E-state index is 11.0. The number of pyridine rings is 2. The highest BCUT2D eigenvalue weighted by Gasteiger charge is 2.21. The van der Waals surface area contributed by atoms with Crippen LogP contribution in [0.3, 0.4) is 0 Å². The lowest BCUT2D eigenvalue weighted by Crippen LogP contribution is -2.04. The van der Waals surface area contributed by atoms with Crippen molar-refractivity contribution >= 4 is 27.6 Å². The van der Waals surface area contributed by atoms with Gasteiger partial charge in [0.2, 0.25) is 5.88 Å². The lowest BCUT2D eigenvalue weighted by Gasteiger charge is -2.05. The second kappa shape index (κ2) is 5.61. The fraction of sp³-hybridized carbons (Fsp3) is 0. The van der Waals surface area contributed by atoms with Gasteiger partial charge in [-0.25, -0.2) is 9.78 Å². The van der Waals surface area contributed by atoms with Gasteiger partial charge in [-0.2, -0.15) is 0 Å². The van der Waals surface area contributed by atoms with E-state index in [0.717, 1.165) is 12.3 Å². The molecule has 0 saturated carbocycles. The molecule has 0 aliphatic rings. The summed E-state index contributed by atoms with van der Waals surface area (Å²) in [7, 11) is 0. The van der Waals surface area contributed by atoms with Crippen molar-refractivity contribution in [3.05, 3.63) is 50.9 Å². The molecule has 0 spiro atoms. The lowest BCUT2D eigenvalue weighted by molar-refractivity contribution is -0.385. The van der Waals surface area contributed by atoms with Gasteiger partial charge in [0.25, 0.3) is 0 Å². The summed E-state index contributed by atoms with van der Waals surface area (Å²) in [6.45, 7) is 0. The molecule has 0 aliphatic carbocycles. The van der Waals surface area contributed by atoms with E-state index in [4.69, 9.17) is 9.84 Å². The molecule has 0 unspecified atom stereocenters. The highest BCUT2D eigenvalue weighted by atomic mass is 79.9. The Morgan fingerprint density at radius 1 is 1.35 bits per heavy atom. The van der Waals surface area contributed by atoms with Crippen LogP contribution in [0.2, 0.25) is 0 Å². The van der Waals surface area contributed by atoms with E-state index in [9.17, 15) is 14.9 Å². The minimum Gasteiger partial charge on any atom is -0.477 e. The van der Waals surface area contributed by atoms with Gasteiger partial charge in [-0.05, 0) is 22.0 Å². The molecule has 2 aromatic heterocycles. The van der Waals surface area contributed by atoms with Crippen molar-refractivity contribution in [3.8, 4) is 11.6 Å². The zero-order valence-corrected chi connectivity index (χ0v) is 11.3. The van der Waals surface area contributed by atoms with Crippen LogP contribution < -0.4 is 4.74 Å². The third kappa shape index (κ3) is 3.06. The first-order chi connectivity index (χ1) is 9.47. The molecule has 0 aromatic carbocycles. The molecular formula is C11H6BrN3O5. The summed E-state index contributed by atoms with van der Waals surface area (Å²) in [6.07, 6.45) is 3.78. The summed E-state index contributed by atoms with van der Waals surface area (Å²) in [6, 6.07) is 2.58. The van der Waals surface area contributed by atoms with Gasteiger partial charge in [0.05, 0.1) is 11.1 Å². The van der Waals surface area contributed by atoms with Crippen molar-refractivity contribution in [2.24, 2.45) is 0 Å². The van der Waals surface area contributed by atoms with E-state index >= 15 is 0 Å². The van der Waals surface area contributed by atoms with Crippen LogP contribution in [-0.4, -0.2) is 26.0 Å². The smallest absolute Gasteiger partial charge is 0.342 e. The van der Waals surface area contributed by atoms with Gasteiger partial charge in [0.15, 0.2) is 0 Å². The molecule has 8 nitrogen and oxygen atoms in total. The Bertz CT molecular complexity index is 692. The Morgan fingerprint density at radius 2 is 2.10 bits per heavy atom. The highest BCUT2D eigenvalue weighted by molar-refractivity contribution is 9.10. The average molecular weight is 340 g/mol. The van der Waals surface area contributed by atoms with Gasteiger partial charge >= 0.3 is 11.7 Å². The number of ether oxygens (including phenoxy) is 1. The van der Waals surface area contributed by atoms with Crippen LogP contribution in [0.4, 0.5) is 5.69 Å². The summed E-state index contributed by atoms with van der Waals surface area (Å²) in [5, 5.41) is 19.6. The zero-order chi connectivity index (χ0) is 14.7. The number of hydrogen-bond acceptors (Lipinski definition) is 6. The van der Waals surface area contributed by atoms with Gasteiger partial charge in [-0.3, -0.25) is 15.1 Å². The molecule has 2 rings (SSSR count). The number of rotatable bonds is 4. The first-order valence-corrected chi connectivity index (χ1v) is 5.93. The quantitative estimate of drug-likeness (QED) is 0.672. The zero-order valence-electron chi connectivity index (χ0n) is 9.69. The second-order valence-corrected chi connectivity index (χ2v) is 4.46. The van der Waals surface area contributed by atoms with Crippen LogP contribution in [0.25, 0.3) is 0 Å². The molecule has 0 atom stereocenters. The van der Waals surface area contributed by atoms with E-state index < -0.39 is 22.1 Å². The van der Waals surface area contributed by atoms with Crippen LogP contribution in [-0.2, 0) is 0 Å². The van der Waals surface area contributed by atoms with E-state index in [2.05, 4.69) is 25.9 Å². The van der Waals surface area contributed by atoms with Crippen LogP contribution >= 0.6 is 15.9 Å². The number of aromatic nitrogens is 2. The molecular weight excluding hydrogens is 334 g/mol. The van der Waals surface area contributed by atoms with Crippen molar-refractivity contribution < 1.29 is 19.6 Å². The Morgan fingerprint density at radius 3 is 2.70 bits per heavy atom. The van der Waals surface area contributed by atoms with E-state index in [0.29, 0.717) is 10.2 Å². The predicted octanol–water partition coefficient (Wildman–Crippen LogP) is 2.64.